The number of alkyl halides is 2. The summed E-state index contributed by atoms with van der Waals surface area (Å²) < 4.78 is 33.1. The van der Waals surface area contributed by atoms with Crippen molar-refractivity contribution in [2.24, 2.45) is 0 Å². The van der Waals surface area contributed by atoms with E-state index in [1.165, 1.54) is 30.5 Å². The van der Waals surface area contributed by atoms with Gasteiger partial charge in [0.25, 0.3) is 5.88 Å². The van der Waals surface area contributed by atoms with Crippen molar-refractivity contribution in [2.45, 2.75) is 6.61 Å². The molecule has 0 aliphatic rings. The second kappa shape index (κ2) is 7.51. The van der Waals surface area contributed by atoms with Crippen LogP contribution in [0.3, 0.4) is 0 Å². The number of H-pyrrole nitrogens is 1. The second-order valence-corrected chi connectivity index (χ2v) is 2.84. The lowest BCUT2D eigenvalue weighted by molar-refractivity contribution is -0.191. The standard InChI is InChI=1S/C9H7F2N3O2.CO2/c10-9(11)16-7-3-1-6(2-4-7)15-8-5-12-14-13-8;2-1-3/h1-5,9H,(H,12,13,14);. The Bertz CT molecular complexity index is 510. The van der Waals surface area contributed by atoms with E-state index in [0.717, 1.165) is 0 Å². The molecule has 0 saturated carbocycles. The van der Waals surface area contributed by atoms with Gasteiger partial charge in [-0.2, -0.15) is 28.7 Å². The van der Waals surface area contributed by atoms with E-state index in [2.05, 4.69) is 20.1 Å². The summed E-state index contributed by atoms with van der Waals surface area (Å²) in [6.07, 6.45) is 1.64. The lowest BCUT2D eigenvalue weighted by atomic mass is 10.3. The number of aromatic amines is 1. The number of halogens is 2. The van der Waals surface area contributed by atoms with E-state index in [-0.39, 0.29) is 11.9 Å². The molecule has 100 valence electrons. The van der Waals surface area contributed by atoms with Crippen molar-refractivity contribution in [1.29, 1.82) is 0 Å². The molecule has 0 amide bonds. The highest BCUT2D eigenvalue weighted by Gasteiger charge is 2.04. The molecule has 0 atom stereocenters. The highest BCUT2D eigenvalue weighted by Crippen LogP contribution is 2.22. The van der Waals surface area contributed by atoms with E-state index in [4.69, 9.17) is 14.3 Å². The maximum absolute atomic E-state index is 11.9. The van der Waals surface area contributed by atoms with Crippen LogP contribution in [-0.2, 0) is 9.59 Å². The number of aromatic nitrogens is 3. The fraction of sp³-hybridized carbons (Fsp3) is 0.100. The third-order valence-corrected chi connectivity index (χ3v) is 1.66. The fourth-order valence-corrected chi connectivity index (χ4v) is 1.05. The van der Waals surface area contributed by atoms with E-state index >= 15 is 0 Å². The summed E-state index contributed by atoms with van der Waals surface area (Å²) in [7, 11) is 0. The van der Waals surface area contributed by atoms with Crippen molar-refractivity contribution in [3.05, 3.63) is 30.5 Å². The molecular formula is C10H7F2N3O4. The molecule has 19 heavy (non-hydrogen) atoms. The molecule has 0 spiro atoms. The number of ether oxygens (including phenoxy) is 2. The summed E-state index contributed by atoms with van der Waals surface area (Å²) in [6, 6.07) is 5.74. The summed E-state index contributed by atoms with van der Waals surface area (Å²) in [6.45, 7) is -2.83. The first-order valence-corrected chi connectivity index (χ1v) is 4.73. The molecular weight excluding hydrogens is 264 g/mol. The van der Waals surface area contributed by atoms with Gasteiger partial charge in [-0.05, 0) is 24.3 Å². The molecule has 0 aliphatic carbocycles. The van der Waals surface area contributed by atoms with Gasteiger partial charge in [0.1, 0.15) is 17.7 Å². The molecule has 1 aromatic carbocycles. The van der Waals surface area contributed by atoms with E-state index < -0.39 is 6.61 Å². The molecule has 0 bridgehead atoms. The Morgan fingerprint density at radius 2 is 1.74 bits per heavy atom. The maximum Gasteiger partial charge on any atom is 0.387 e. The quantitative estimate of drug-likeness (QED) is 0.907. The van der Waals surface area contributed by atoms with Gasteiger partial charge in [-0.15, -0.1) is 5.10 Å². The number of hydrogen-bond acceptors (Lipinski definition) is 6. The zero-order valence-corrected chi connectivity index (χ0v) is 9.25. The molecule has 9 heteroatoms. The molecule has 0 saturated heterocycles. The van der Waals surface area contributed by atoms with Gasteiger partial charge >= 0.3 is 12.8 Å². The van der Waals surface area contributed by atoms with Crippen LogP contribution in [-0.4, -0.2) is 28.2 Å². The Balaban J connectivity index is 0.000000550. The summed E-state index contributed by atoms with van der Waals surface area (Å²) in [5.74, 6) is 0.820. The van der Waals surface area contributed by atoms with Gasteiger partial charge in [0, 0.05) is 0 Å². The van der Waals surface area contributed by atoms with Crippen LogP contribution in [0.1, 0.15) is 0 Å². The van der Waals surface area contributed by atoms with Gasteiger partial charge in [-0.25, -0.2) is 0 Å². The topological polar surface area (TPSA) is 94.2 Å². The number of carbonyl (C=O) groups excluding carboxylic acids is 2. The zero-order chi connectivity index (χ0) is 14.1. The SMILES string of the molecule is FC(F)Oc1ccc(Oc2cn[nH]n2)cc1.O=C=O. The first-order valence-electron chi connectivity index (χ1n) is 4.73. The van der Waals surface area contributed by atoms with Crippen LogP contribution in [0.2, 0.25) is 0 Å². The molecule has 1 heterocycles. The molecule has 0 fully saturated rings. The maximum atomic E-state index is 11.9. The summed E-state index contributed by atoms with van der Waals surface area (Å²) in [5, 5.41) is 9.60. The fourth-order valence-electron chi connectivity index (χ4n) is 1.05. The minimum absolute atomic E-state index is 0.0718. The zero-order valence-electron chi connectivity index (χ0n) is 9.25. The van der Waals surface area contributed by atoms with Crippen molar-refractivity contribution in [3.8, 4) is 17.4 Å². The number of rotatable bonds is 4. The number of nitrogens with one attached hydrogen (secondary N) is 1. The third-order valence-electron chi connectivity index (χ3n) is 1.66. The number of nitrogens with zero attached hydrogens (tertiary/aromatic N) is 2. The Labute approximate surface area is 105 Å². The van der Waals surface area contributed by atoms with Gasteiger partial charge in [-0.1, -0.05) is 0 Å². The molecule has 7 nitrogen and oxygen atoms in total. The van der Waals surface area contributed by atoms with Crippen LogP contribution >= 0.6 is 0 Å². The molecule has 2 rings (SSSR count). The Morgan fingerprint density at radius 1 is 1.16 bits per heavy atom. The van der Waals surface area contributed by atoms with Crippen LogP contribution in [0.4, 0.5) is 8.78 Å². The van der Waals surface area contributed by atoms with E-state index in [1.54, 1.807) is 0 Å². The van der Waals surface area contributed by atoms with Gasteiger partial charge in [-0.3, -0.25) is 0 Å². The molecule has 0 aliphatic heterocycles. The highest BCUT2D eigenvalue weighted by atomic mass is 19.3. The average molecular weight is 271 g/mol. The Hall–Kier alpha value is -2.80. The molecule has 1 aromatic heterocycles. The van der Waals surface area contributed by atoms with E-state index in [0.29, 0.717) is 11.6 Å². The van der Waals surface area contributed by atoms with Crippen LogP contribution in [0.15, 0.2) is 30.5 Å². The number of hydrogen-bond donors (Lipinski definition) is 1. The van der Waals surface area contributed by atoms with Crippen LogP contribution in [0.5, 0.6) is 17.4 Å². The van der Waals surface area contributed by atoms with Crippen molar-refractivity contribution in [1.82, 2.24) is 15.4 Å². The van der Waals surface area contributed by atoms with Crippen LogP contribution in [0, 0.1) is 0 Å². The molecule has 1 N–H and O–H groups in total. The van der Waals surface area contributed by atoms with Crippen molar-refractivity contribution in [2.75, 3.05) is 0 Å². The molecule has 0 radical (unpaired) electrons. The molecule has 2 aromatic rings. The van der Waals surface area contributed by atoms with Gasteiger partial charge < -0.3 is 9.47 Å². The normalized spacial score (nSPS) is 9.21. The summed E-state index contributed by atoms with van der Waals surface area (Å²) in [4.78, 5) is 16.2. The molecule has 0 unspecified atom stereocenters. The predicted molar refractivity (Wildman–Crippen MR) is 54.5 cm³/mol. The van der Waals surface area contributed by atoms with Crippen LogP contribution in [0.25, 0.3) is 0 Å². The lowest BCUT2D eigenvalue weighted by Crippen LogP contribution is -2.01. The predicted octanol–water partition coefficient (Wildman–Crippen LogP) is 1.61. The van der Waals surface area contributed by atoms with Gasteiger partial charge in [0.2, 0.25) is 0 Å². The van der Waals surface area contributed by atoms with Crippen molar-refractivity contribution >= 4 is 6.15 Å². The highest BCUT2D eigenvalue weighted by molar-refractivity contribution is 5.33. The largest absolute Gasteiger partial charge is 0.436 e. The van der Waals surface area contributed by atoms with Crippen LogP contribution < -0.4 is 9.47 Å². The number of benzene rings is 1. The van der Waals surface area contributed by atoms with E-state index in [9.17, 15) is 8.78 Å². The van der Waals surface area contributed by atoms with Crippen molar-refractivity contribution < 1.29 is 27.8 Å². The Morgan fingerprint density at radius 3 is 2.21 bits per heavy atom. The summed E-state index contributed by atoms with van der Waals surface area (Å²) >= 11 is 0. The third kappa shape index (κ3) is 5.37. The smallest absolute Gasteiger partial charge is 0.387 e. The van der Waals surface area contributed by atoms with E-state index in [1.807, 2.05) is 0 Å². The van der Waals surface area contributed by atoms with Crippen molar-refractivity contribution in [3.63, 3.8) is 0 Å². The second-order valence-electron chi connectivity index (χ2n) is 2.84. The first kappa shape index (κ1) is 14.3. The Kier molecular flexibility index (Phi) is 5.64. The summed E-state index contributed by atoms with van der Waals surface area (Å²) in [5.41, 5.74) is 0. The monoisotopic (exact) mass is 271 g/mol. The minimum Gasteiger partial charge on any atom is -0.436 e. The lowest BCUT2D eigenvalue weighted by Gasteiger charge is -2.05. The van der Waals surface area contributed by atoms with Gasteiger partial charge in [0.15, 0.2) is 0 Å². The first-order chi connectivity index (χ1) is 9.15. The van der Waals surface area contributed by atoms with Gasteiger partial charge in [0.05, 0.1) is 0 Å². The minimum atomic E-state index is -2.83. The average Bonchev–Trinajstić information content (AvgIpc) is 2.85.